The molecular formula is C18H22N2O3. The summed E-state index contributed by atoms with van der Waals surface area (Å²) in [6.45, 7) is 1.86. The van der Waals surface area contributed by atoms with Gasteiger partial charge in [0.05, 0.1) is 20.2 Å². The Morgan fingerprint density at radius 3 is 2.39 bits per heavy atom. The van der Waals surface area contributed by atoms with Gasteiger partial charge in [0.15, 0.2) is 0 Å². The number of ether oxygens (including phenoxy) is 2. The molecule has 0 bridgehead atoms. The van der Waals surface area contributed by atoms with Gasteiger partial charge in [-0.25, -0.2) is 0 Å². The van der Waals surface area contributed by atoms with Gasteiger partial charge in [0, 0.05) is 6.54 Å². The van der Waals surface area contributed by atoms with Crippen LogP contribution in [0.5, 0.6) is 11.5 Å². The van der Waals surface area contributed by atoms with Crippen LogP contribution in [-0.4, -0.2) is 32.7 Å². The lowest BCUT2D eigenvalue weighted by Crippen LogP contribution is -2.35. The minimum Gasteiger partial charge on any atom is -0.497 e. The number of hydrogen-bond donors (Lipinski definition) is 2. The van der Waals surface area contributed by atoms with Crippen molar-refractivity contribution in [2.75, 3.05) is 26.8 Å². The van der Waals surface area contributed by atoms with Crippen molar-refractivity contribution in [2.45, 2.75) is 6.54 Å². The van der Waals surface area contributed by atoms with E-state index < -0.39 is 0 Å². The lowest BCUT2D eigenvalue weighted by Gasteiger charge is -2.09. The van der Waals surface area contributed by atoms with E-state index in [9.17, 15) is 4.79 Å². The number of benzene rings is 2. The number of rotatable bonds is 9. The fourth-order valence-electron chi connectivity index (χ4n) is 2.01. The molecule has 2 rings (SSSR count). The summed E-state index contributed by atoms with van der Waals surface area (Å²) in [7, 11) is 1.62. The summed E-state index contributed by atoms with van der Waals surface area (Å²) in [4.78, 5) is 11.7. The van der Waals surface area contributed by atoms with Crippen LogP contribution >= 0.6 is 0 Å². The van der Waals surface area contributed by atoms with Crippen molar-refractivity contribution in [3.05, 3.63) is 60.2 Å². The molecular weight excluding hydrogens is 292 g/mol. The first kappa shape index (κ1) is 16.8. The van der Waals surface area contributed by atoms with Crippen LogP contribution in [-0.2, 0) is 11.3 Å². The van der Waals surface area contributed by atoms with Crippen molar-refractivity contribution in [3.8, 4) is 11.5 Å². The van der Waals surface area contributed by atoms with Crippen molar-refractivity contribution in [1.29, 1.82) is 0 Å². The maximum atomic E-state index is 11.7. The number of carbonyl (C=O) groups is 1. The number of amides is 1. The van der Waals surface area contributed by atoms with Gasteiger partial charge in [-0.2, -0.15) is 0 Å². The zero-order valence-corrected chi connectivity index (χ0v) is 13.2. The van der Waals surface area contributed by atoms with Crippen LogP contribution in [0.3, 0.4) is 0 Å². The van der Waals surface area contributed by atoms with E-state index in [1.165, 1.54) is 0 Å². The second-order valence-electron chi connectivity index (χ2n) is 4.96. The van der Waals surface area contributed by atoms with Crippen molar-refractivity contribution in [2.24, 2.45) is 0 Å². The highest BCUT2D eigenvalue weighted by molar-refractivity contribution is 5.77. The SMILES string of the molecule is COc1ccc(OCCNC(=O)CNCc2ccccc2)cc1. The van der Waals surface area contributed by atoms with Gasteiger partial charge in [-0.1, -0.05) is 30.3 Å². The Morgan fingerprint density at radius 2 is 1.70 bits per heavy atom. The largest absolute Gasteiger partial charge is 0.497 e. The molecule has 0 atom stereocenters. The summed E-state index contributed by atoms with van der Waals surface area (Å²) in [6, 6.07) is 17.3. The van der Waals surface area contributed by atoms with E-state index >= 15 is 0 Å². The molecule has 0 heterocycles. The average molecular weight is 314 g/mol. The van der Waals surface area contributed by atoms with Crippen LogP contribution in [0.1, 0.15) is 5.56 Å². The Bertz CT molecular complexity index is 585. The number of methoxy groups -OCH3 is 1. The normalized spacial score (nSPS) is 10.1. The minimum atomic E-state index is -0.0423. The molecule has 0 unspecified atom stereocenters. The Morgan fingerprint density at radius 1 is 1.00 bits per heavy atom. The first-order chi connectivity index (χ1) is 11.3. The molecule has 2 N–H and O–H groups in total. The first-order valence-electron chi connectivity index (χ1n) is 7.56. The molecule has 0 aliphatic rings. The van der Waals surface area contributed by atoms with E-state index in [0.29, 0.717) is 19.7 Å². The molecule has 0 aliphatic heterocycles. The van der Waals surface area contributed by atoms with Crippen LogP contribution in [0.25, 0.3) is 0 Å². The van der Waals surface area contributed by atoms with E-state index in [2.05, 4.69) is 10.6 Å². The predicted molar refractivity (Wildman–Crippen MR) is 89.6 cm³/mol. The fraction of sp³-hybridized carbons (Fsp3) is 0.278. The lowest BCUT2D eigenvalue weighted by atomic mass is 10.2. The molecule has 1 amide bonds. The maximum Gasteiger partial charge on any atom is 0.234 e. The third-order valence-corrected chi connectivity index (χ3v) is 3.21. The Labute approximate surface area is 136 Å². The summed E-state index contributed by atoms with van der Waals surface area (Å²) in [5.74, 6) is 1.50. The highest BCUT2D eigenvalue weighted by Crippen LogP contribution is 2.16. The summed E-state index contributed by atoms with van der Waals surface area (Å²) in [5, 5.41) is 5.92. The van der Waals surface area contributed by atoms with E-state index in [1.807, 2.05) is 54.6 Å². The molecule has 0 aliphatic carbocycles. The van der Waals surface area contributed by atoms with Crippen LogP contribution in [0.2, 0.25) is 0 Å². The van der Waals surface area contributed by atoms with Gasteiger partial charge in [0.25, 0.3) is 0 Å². The molecule has 5 heteroatoms. The molecule has 23 heavy (non-hydrogen) atoms. The second-order valence-corrected chi connectivity index (χ2v) is 4.96. The van der Waals surface area contributed by atoms with Gasteiger partial charge in [-0.05, 0) is 29.8 Å². The van der Waals surface area contributed by atoms with Crippen molar-refractivity contribution in [1.82, 2.24) is 10.6 Å². The third kappa shape index (κ3) is 6.40. The minimum absolute atomic E-state index is 0.0423. The zero-order chi connectivity index (χ0) is 16.3. The molecule has 0 saturated carbocycles. The molecule has 0 fully saturated rings. The van der Waals surface area contributed by atoms with Gasteiger partial charge < -0.3 is 20.1 Å². The third-order valence-electron chi connectivity index (χ3n) is 3.21. The summed E-state index contributed by atoms with van der Waals surface area (Å²) >= 11 is 0. The predicted octanol–water partition coefficient (Wildman–Crippen LogP) is 1.98. The summed E-state index contributed by atoms with van der Waals surface area (Å²) < 4.78 is 10.6. The smallest absolute Gasteiger partial charge is 0.234 e. The molecule has 0 spiro atoms. The fourth-order valence-corrected chi connectivity index (χ4v) is 2.01. The standard InChI is InChI=1S/C18H22N2O3/c1-22-16-7-9-17(10-8-16)23-12-11-20-18(21)14-19-13-15-5-3-2-4-6-15/h2-10,19H,11-14H2,1H3,(H,20,21). The number of carbonyl (C=O) groups excluding carboxylic acids is 1. The Kier molecular flexibility index (Phi) is 6.94. The topological polar surface area (TPSA) is 59.6 Å². The zero-order valence-electron chi connectivity index (χ0n) is 13.2. The van der Waals surface area contributed by atoms with Crippen LogP contribution in [0.15, 0.2) is 54.6 Å². The van der Waals surface area contributed by atoms with Crippen LogP contribution < -0.4 is 20.1 Å². The van der Waals surface area contributed by atoms with Gasteiger partial charge in [-0.3, -0.25) is 4.79 Å². The lowest BCUT2D eigenvalue weighted by molar-refractivity contribution is -0.120. The molecule has 2 aromatic rings. The Hall–Kier alpha value is -2.53. The number of hydrogen-bond acceptors (Lipinski definition) is 4. The molecule has 122 valence electrons. The quantitative estimate of drug-likeness (QED) is 0.695. The monoisotopic (exact) mass is 314 g/mol. The highest BCUT2D eigenvalue weighted by Gasteiger charge is 2.01. The summed E-state index contributed by atoms with van der Waals surface area (Å²) in [6.07, 6.45) is 0. The Balaban J connectivity index is 1.55. The van der Waals surface area contributed by atoms with Gasteiger partial charge >= 0.3 is 0 Å². The first-order valence-corrected chi connectivity index (χ1v) is 7.56. The second kappa shape index (κ2) is 9.48. The molecule has 0 saturated heterocycles. The average Bonchev–Trinajstić information content (AvgIpc) is 2.60. The van der Waals surface area contributed by atoms with E-state index in [4.69, 9.17) is 9.47 Å². The van der Waals surface area contributed by atoms with E-state index in [0.717, 1.165) is 17.1 Å². The molecule has 0 aromatic heterocycles. The van der Waals surface area contributed by atoms with Gasteiger partial charge in [0.2, 0.25) is 5.91 Å². The van der Waals surface area contributed by atoms with Crippen molar-refractivity contribution in [3.63, 3.8) is 0 Å². The molecule has 5 nitrogen and oxygen atoms in total. The summed E-state index contributed by atoms with van der Waals surface area (Å²) in [5.41, 5.74) is 1.16. The van der Waals surface area contributed by atoms with E-state index in [-0.39, 0.29) is 12.5 Å². The highest BCUT2D eigenvalue weighted by atomic mass is 16.5. The number of nitrogens with one attached hydrogen (secondary N) is 2. The maximum absolute atomic E-state index is 11.7. The van der Waals surface area contributed by atoms with Crippen molar-refractivity contribution < 1.29 is 14.3 Å². The van der Waals surface area contributed by atoms with Crippen LogP contribution in [0, 0.1) is 0 Å². The molecule has 2 aromatic carbocycles. The van der Waals surface area contributed by atoms with Crippen molar-refractivity contribution >= 4 is 5.91 Å². The van der Waals surface area contributed by atoms with Crippen LogP contribution in [0.4, 0.5) is 0 Å². The van der Waals surface area contributed by atoms with Gasteiger partial charge in [-0.15, -0.1) is 0 Å². The van der Waals surface area contributed by atoms with Gasteiger partial charge in [0.1, 0.15) is 18.1 Å². The van der Waals surface area contributed by atoms with E-state index in [1.54, 1.807) is 7.11 Å². The molecule has 0 radical (unpaired) electrons.